The van der Waals surface area contributed by atoms with Crippen LogP contribution in [0.3, 0.4) is 0 Å². The predicted molar refractivity (Wildman–Crippen MR) is 88.1 cm³/mol. The highest BCUT2D eigenvalue weighted by Crippen LogP contribution is 2.30. The van der Waals surface area contributed by atoms with Crippen molar-refractivity contribution in [2.45, 2.75) is 32.2 Å². The summed E-state index contributed by atoms with van der Waals surface area (Å²) in [6, 6.07) is 8.38. The third-order valence-corrected chi connectivity index (χ3v) is 5.14. The maximum atomic E-state index is 12.1. The molecular weight excluding hydrogens is 294 g/mol. The van der Waals surface area contributed by atoms with Crippen molar-refractivity contribution in [3.8, 4) is 0 Å². The van der Waals surface area contributed by atoms with Crippen LogP contribution in [0.4, 0.5) is 0 Å². The molecule has 0 spiro atoms. The number of fused-ring (bicyclic) bond motifs is 2. The van der Waals surface area contributed by atoms with Gasteiger partial charge in [-0.05, 0) is 54.0 Å². The molecule has 2 heterocycles. The maximum Gasteiger partial charge on any atom is 0.224 e. The predicted octanol–water partition coefficient (Wildman–Crippen LogP) is 3.84. The maximum absolute atomic E-state index is 12.1. The molecule has 1 aliphatic rings. The molecule has 2 aromatic heterocycles. The Hall–Kier alpha value is -2.07. The summed E-state index contributed by atoms with van der Waals surface area (Å²) in [5.41, 5.74) is 4.69. The SMILES string of the molecule is O=C(Cc1coc2cc3c(cc12)CCC3)NCc1cccs1. The van der Waals surface area contributed by atoms with Gasteiger partial charge in [0.2, 0.25) is 5.91 Å². The largest absolute Gasteiger partial charge is 0.464 e. The Bertz CT molecular complexity index is 817. The van der Waals surface area contributed by atoms with Gasteiger partial charge < -0.3 is 9.73 Å². The van der Waals surface area contributed by atoms with E-state index in [0.717, 1.165) is 29.4 Å². The minimum Gasteiger partial charge on any atom is -0.464 e. The van der Waals surface area contributed by atoms with Gasteiger partial charge in [0.1, 0.15) is 5.58 Å². The lowest BCUT2D eigenvalue weighted by Gasteiger charge is -2.03. The molecule has 4 heteroatoms. The van der Waals surface area contributed by atoms with Gasteiger partial charge in [-0.3, -0.25) is 4.79 Å². The summed E-state index contributed by atoms with van der Waals surface area (Å²) in [7, 11) is 0. The van der Waals surface area contributed by atoms with Crippen LogP contribution in [0.5, 0.6) is 0 Å². The lowest BCUT2D eigenvalue weighted by atomic mass is 10.0. The number of nitrogens with one attached hydrogen (secondary N) is 1. The summed E-state index contributed by atoms with van der Waals surface area (Å²) in [4.78, 5) is 13.3. The fourth-order valence-corrected chi connectivity index (χ4v) is 3.76. The Labute approximate surface area is 133 Å². The molecule has 0 unspecified atom stereocenters. The fraction of sp³-hybridized carbons (Fsp3) is 0.278. The van der Waals surface area contributed by atoms with Gasteiger partial charge in [0.15, 0.2) is 0 Å². The first-order chi connectivity index (χ1) is 10.8. The molecule has 0 saturated heterocycles. The standard InChI is InChI=1S/C18H17NO2S/c20-18(19-10-15-5-2-6-22-15)9-14-11-21-17-8-13-4-1-3-12(13)7-16(14)17/h2,5-8,11H,1,3-4,9-10H2,(H,19,20). The Morgan fingerprint density at radius 1 is 1.27 bits per heavy atom. The molecule has 112 valence electrons. The van der Waals surface area contributed by atoms with Gasteiger partial charge in [-0.25, -0.2) is 0 Å². The Morgan fingerprint density at radius 2 is 2.14 bits per heavy atom. The molecule has 1 N–H and O–H groups in total. The second-order valence-electron chi connectivity index (χ2n) is 5.76. The molecule has 0 radical (unpaired) electrons. The summed E-state index contributed by atoms with van der Waals surface area (Å²) in [6.07, 6.45) is 5.60. The minimum absolute atomic E-state index is 0.0385. The third kappa shape index (κ3) is 2.55. The van der Waals surface area contributed by atoms with Gasteiger partial charge in [-0.1, -0.05) is 6.07 Å². The lowest BCUT2D eigenvalue weighted by Crippen LogP contribution is -2.23. The van der Waals surface area contributed by atoms with Crippen molar-refractivity contribution in [3.05, 3.63) is 57.5 Å². The molecule has 22 heavy (non-hydrogen) atoms. The van der Waals surface area contributed by atoms with Gasteiger partial charge in [0.25, 0.3) is 0 Å². The van der Waals surface area contributed by atoms with Crippen molar-refractivity contribution < 1.29 is 9.21 Å². The molecular formula is C18H17NO2S. The zero-order valence-electron chi connectivity index (χ0n) is 12.2. The quantitative estimate of drug-likeness (QED) is 0.795. The molecule has 0 bridgehead atoms. The molecule has 0 atom stereocenters. The number of carbonyl (C=O) groups is 1. The average Bonchev–Trinajstić information content (AvgIpc) is 3.24. The van der Waals surface area contributed by atoms with Gasteiger partial charge in [-0.2, -0.15) is 0 Å². The van der Waals surface area contributed by atoms with Gasteiger partial charge in [-0.15, -0.1) is 11.3 Å². The van der Waals surface area contributed by atoms with Gasteiger partial charge >= 0.3 is 0 Å². The van der Waals surface area contributed by atoms with E-state index in [0.29, 0.717) is 13.0 Å². The smallest absolute Gasteiger partial charge is 0.224 e. The van der Waals surface area contributed by atoms with Gasteiger partial charge in [0.05, 0.1) is 19.2 Å². The summed E-state index contributed by atoms with van der Waals surface area (Å²) in [5.74, 6) is 0.0385. The van der Waals surface area contributed by atoms with E-state index in [2.05, 4.69) is 17.4 Å². The summed E-state index contributed by atoms with van der Waals surface area (Å²) in [5, 5.41) is 6.08. The highest BCUT2D eigenvalue weighted by atomic mass is 32.1. The molecule has 3 nitrogen and oxygen atoms in total. The van der Waals surface area contributed by atoms with E-state index in [1.807, 2.05) is 17.5 Å². The molecule has 1 aliphatic carbocycles. The second kappa shape index (κ2) is 5.61. The van der Waals surface area contributed by atoms with E-state index in [-0.39, 0.29) is 5.91 Å². The summed E-state index contributed by atoms with van der Waals surface area (Å²) in [6.45, 7) is 0.599. The number of rotatable bonds is 4. The number of hydrogen-bond donors (Lipinski definition) is 1. The van der Waals surface area contributed by atoms with Crippen LogP contribution in [0.25, 0.3) is 11.0 Å². The molecule has 0 aliphatic heterocycles. The topological polar surface area (TPSA) is 42.2 Å². The molecule has 0 fully saturated rings. The first-order valence-electron chi connectivity index (χ1n) is 7.60. The Morgan fingerprint density at radius 3 is 2.95 bits per heavy atom. The van der Waals surface area contributed by atoms with Crippen LogP contribution in [0.15, 0.2) is 40.3 Å². The van der Waals surface area contributed by atoms with Crippen LogP contribution >= 0.6 is 11.3 Å². The fourth-order valence-electron chi connectivity index (χ4n) is 3.12. The number of thiophene rings is 1. The average molecular weight is 311 g/mol. The first-order valence-corrected chi connectivity index (χ1v) is 8.48. The monoisotopic (exact) mass is 311 g/mol. The van der Waals surface area contributed by atoms with Crippen LogP contribution < -0.4 is 5.32 Å². The van der Waals surface area contributed by atoms with Crippen molar-refractivity contribution in [2.75, 3.05) is 0 Å². The number of benzene rings is 1. The van der Waals surface area contributed by atoms with Crippen molar-refractivity contribution in [1.29, 1.82) is 0 Å². The van der Waals surface area contributed by atoms with E-state index < -0.39 is 0 Å². The van der Waals surface area contributed by atoms with Gasteiger partial charge in [0, 0.05) is 15.8 Å². The van der Waals surface area contributed by atoms with E-state index in [4.69, 9.17) is 4.42 Å². The normalized spacial score (nSPS) is 13.5. The highest BCUT2D eigenvalue weighted by molar-refractivity contribution is 7.09. The first kappa shape index (κ1) is 13.6. The van der Waals surface area contributed by atoms with Crippen LogP contribution in [0.2, 0.25) is 0 Å². The Balaban J connectivity index is 1.50. The van der Waals surface area contributed by atoms with E-state index in [9.17, 15) is 4.79 Å². The van der Waals surface area contributed by atoms with Crippen molar-refractivity contribution in [2.24, 2.45) is 0 Å². The number of amides is 1. The van der Waals surface area contributed by atoms with E-state index in [1.165, 1.54) is 22.4 Å². The zero-order valence-corrected chi connectivity index (χ0v) is 13.0. The summed E-state index contributed by atoms with van der Waals surface area (Å²) < 4.78 is 5.65. The number of furan rings is 1. The van der Waals surface area contributed by atoms with Crippen LogP contribution in [0, 0.1) is 0 Å². The van der Waals surface area contributed by atoms with Crippen molar-refractivity contribution in [3.63, 3.8) is 0 Å². The lowest BCUT2D eigenvalue weighted by molar-refractivity contribution is -0.120. The number of carbonyl (C=O) groups excluding carboxylic acids is 1. The molecule has 0 saturated carbocycles. The molecule has 4 rings (SSSR count). The number of hydrogen-bond acceptors (Lipinski definition) is 3. The van der Waals surface area contributed by atoms with Crippen LogP contribution in [-0.2, 0) is 30.6 Å². The zero-order chi connectivity index (χ0) is 14.9. The summed E-state index contributed by atoms with van der Waals surface area (Å²) >= 11 is 1.66. The Kier molecular flexibility index (Phi) is 3.47. The highest BCUT2D eigenvalue weighted by Gasteiger charge is 2.16. The van der Waals surface area contributed by atoms with Crippen LogP contribution in [0.1, 0.15) is 28.0 Å². The van der Waals surface area contributed by atoms with E-state index in [1.54, 1.807) is 17.6 Å². The number of aryl methyl sites for hydroxylation is 2. The van der Waals surface area contributed by atoms with Crippen LogP contribution in [-0.4, -0.2) is 5.91 Å². The third-order valence-electron chi connectivity index (χ3n) is 4.26. The van der Waals surface area contributed by atoms with Crippen molar-refractivity contribution >= 4 is 28.2 Å². The molecule has 1 amide bonds. The second-order valence-corrected chi connectivity index (χ2v) is 6.80. The minimum atomic E-state index is 0.0385. The van der Waals surface area contributed by atoms with E-state index >= 15 is 0 Å². The molecule has 1 aromatic carbocycles. The van der Waals surface area contributed by atoms with Crippen molar-refractivity contribution in [1.82, 2.24) is 5.32 Å². The molecule has 3 aromatic rings.